The van der Waals surface area contributed by atoms with Crippen LogP contribution in [0.25, 0.3) is 0 Å². The van der Waals surface area contributed by atoms with Crippen LogP contribution in [0.15, 0.2) is 12.1 Å². The average Bonchev–Trinajstić information content (AvgIpc) is 2.03. The van der Waals surface area contributed by atoms with Crippen LogP contribution in [-0.4, -0.2) is 11.1 Å². The second kappa shape index (κ2) is 3.75. The van der Waals surface area contributed by atoms with Gasteiger partial charge in [-0.3, -0.25) is 0 Å². The summed E-state index contributed by atoms with van der Waals surface area (Å²) >= 11 is 5.53. The molecule has 4 heteroatoms. The van der Waals surface area contributed by atoms with Crippen LogP contribution in [0.1, 0.15) is 22.8 Å². The van der Waals surface area contributed by atoms with Gasteiger partial charge in [-0.1, -0.05) is 18.5 Å². The Hall–Kier alpha value is -1.09. The highest BCUT2D eigenvalue weighted by Crippen LogP contribution is 2.21. The standard InChI is InChI=1S/C9H8ClFO2/c1-2-5-3-6(9(12)13)7(10)4-8(5)11/h3-4H,2H2,1H3,(H,12,13). The lowest BCUT2D eigenvalue weighted by atomic mass is 10.1. The van der Waals surface area contributed by atoms with Crippen LogP contribution in [0.3, 0.4) is 0 Å². The molecule has 0 atom stereocenters. The lowest BCUT2D eigenvalue weighted by Gasteiger charge is -2.03. The van der Waals surface area contributed by atoms with Crippen LogP contribution in [0, 0.1) is 5.82 Å². The molecule has 0 radical (unpaired) electrons. The van der Waals surface area contributed by atoms with E-state index in [1.807, 2.05) is 0 Å². The van der Waals surface area contributed by atoms with Gasteiger partial charge in [-0.15, -0.1) is 0 Å². The van der Waals surface area contributed by atoms with Gasteiger partial charge in [-0.05, 0) is 24.1 Å². The number of hydrogen-bond donors (Lipinski definition) is 1. The number of aryl methyl sites for hydroxylation is 1. The average molecular weight is 203 g/mol. The zero-order chi connectivity index (χ0) is 10.0. The van der Waals surface area contributed by atoms with Gasteiger partial charge in [0.05, 0.1) is 10.6 Å². The summed E-state index contributed by atoms with van der Waals surface area (Å²) in [7, 11) is 0. The van der Waals surface area contributed by atoms with Crippen LogP contribution in [0.5, 0.6) is 0 Å². The Kier molecular flexibility index (Phi) is 2.88. The Balaban J connectivity index is 3.30. The van der Waals surface area contributed by atoms with E-state index < -0.39 is 11.8 Å². The largest absolute Gasteiger partial charge is 0.478 e. The molecule has 0 saturated carbocycles. The van der Waals surface area contributed by atoms with E-state index in [0.717, 1.165) is 6.07 Å². The van der Waals surface area contributed by atoms with Crippen molar-refractivity contribution < 1.29 is 14.3 Å². The molecule has 0 aromatic heterocycles. The smallest absolute Gasteiger partial charge is 0.337 e. The van der Waals surface area contributed by atoms with Gasteiger partial charge in [0.1, 0.15) is 5.82 Å². The fraction of sp³-hybridized carbons (Fsp3) is 0.222. The van der Waals surface area contributed by atoms with Crippen LogP contribution in [0.2, 0.25) is 5.02 Å². The van der Waals surface area contributed by atoms with Crippen molar-refractivity contribution >= 4 is 17.6 Å². The maximum Gasteiger partial charge on any atom is 0.337 e. The first-order chi connectivity index (χ1) is 6.06. The third kappa shape index (κ3) is 1.98. The van der Waals surface area contributed by atoms with Gasteiger partial charge in [0.25, 0.3) is 0 Å². The van der Waals surface area contributed by atoms with E-state index in [-0.39, 0.29) is 10.6 Å². The Morgan fingerprint density at radius 3 is 2.69 bits per heavy atom. The quantitative estimate of drug-likeness (QED) is 0.801. The van der Waals surface area contributed by atoms with Gasteiger partial charge in [-0.2, -0.15) is 0 Å². The molecule has 2 nitrogen and oxygen atoms in total. The highest BCUT2D eigenvalue weighted by molar-refractivity contribution is 6.33. The van der Waals surface area contributed by atoms with E-state index in [4.69, 9.17) is 16.7 Å². The summed E-state index contributed by atoms with van der Waals surface area (Å²) in [6.45, 7) is 1.75. The highest BCUT2D eigenvalue weighted by atomic mass is 35.5. The molecule has 70 valence electrons. The van der Waals surface area contributed by atoms with Gasteiger partial charge in [-0.25, -0.2) is 9.18 Å². The molecule has 1 rings (SSSR count). The predicted molar refractivity (Wildman–Crippen MR) is 47.7 cm³/mol. The van der Waals surface area contributed by atoms with Crippen molar-refractivity contribution in [1.29, 1.82) is 0 Å². The molecule has 0 fully saturated rings. The minimum atomic E-state index is -1.14. The summed E-state index contributed by atoms with van der Waals surface area (Å²) in [5.41, 5.74) is 0.307. The lowest BCUT2D eigenvalue weighted by molar-refractivity contribution is 0.0697. The van der Waals surface area contributed by atoms with E-state index in [2.05, 4.69) is 0 Å². The number of carboxylic acids is 1. The van der Waals surface area contributed by atoms with Crippen LogP contribution in [-0.2, 0) is 6.42 Å². The molecule has 0 heterocycles. The minimum absolute atomic E-state index is 0.0556. The number of hydrogen-bond acceptors (Lipinski definition) is 1. The summed E-state index contributed by atoms with van der Waals surface area (Å²) in [5, 5.41) is 8.60. The first-order valence-electron chi connectivity index (χ1n) is 3.77. The molecule has 0 aliphatic carbocycles. The molecule has 0 aliphatic rings. The van der Waals surface area contributed by atoms with Gasteiger partial charge in [0, 0.05) is 0 Å². The zero-order valence-electron chi connectivity index (χ0n) is 6.97. The predicted octanol–water partition coefficient (Wildman–Crippen LogP) is 2.74. The van der Waals surface area contributed by atoms with Gasteiger partial charge >= 0.3 is 5.97 Å². The number of carboxylic acid groups (broad SMARTS) is 1. The van der Waals surface area contributed by atoms with E-state index in [1.54, 1.807) is 6.92 Å². The molecule has 0 saturated heterocycles. The van der Waals surface area contributed by atoms with Gasteiger partial charge < -0.3 is 5.11 Å². The molecule has 0 amide bonds. The molecule has 0 aliphatic heterocycles. The second-order valence-electron chi connectivity index (χ2n) is 2.58. The number of aromatic carboxylic acids is 1. The molecule has 0 unspecified atom stereocenters. The summed E-state index contributed by atoms with van der Waals surface area (Å²) in [6, 6.07) is 2.30. The van der Waals surface area contributed by atoms with Crippen molar-refractivity contribution in [2.24, 2.45) is 0 Å². The fourth-order valence-electron chi connectivity index (χ4n) is 1.03. The van der Waals surface area contributed by atoms with Crippen LogP contribution < -0.4 is 0 Å². The SMILES string of the molecule is CCc1cc(C(=O)O)c(Cl)cc1F. The Bertz CT molecular complexity index is 350. The Morgan fingerprint density at radius 1 is 1.62 bits per heavy atom. The molecule has 0 bridgehead atoms. The van der Waals surface area contributed by atoms with Crippen molar-refractivity contribution in [1.82, 2.24) is 0 Å². The normalized spacial score (nSPS) is 10.1. The molecule has 0 spiro atoms. The monoisotopic (exact) mass is 202 g/mol. The summed E-state index contributed by atoms with van der Waals surface area (Å²) in [5.74, 6) is -1.60. The first-order valence-corrected chi connectivity index (χ1v) is 4.15. The summed E-state index contributed by atoms with van der Waals surface area (Å²) in [6.07, 6.45) is 0.448. The topological polar surface area (TPSA) is 37.3 Å². The highest BCUT2D eigenvalue weighted by Gasteiger charge is 2.12. The number of rotatable bonds is 2. The van der Waals surface area contributed by atoms with Crippen molar-refractivity contribution in [3.8, 4) is 0 Å². The molecule has 1 aromatic rings. The lowest BCUT2D eigenvalue weighted by Crippen LogP contribution is -2.00. The summed E-state index contributed by atoms with van der Waals surface area (Å²) in [4.78, 5) is 10.6. The number of halogens is 2. The second-order valence-corrected chi connectivity index (χ2v) is 2.99. The molecular weight excluding hydrogens is 195 g/mol. The van der Waals surface area contributed by atoms with E-state index in [0.29, 0.717) is 12.0 Å². The minimum Gasteiger partial charge on any atom is -0.478 e. The van der Waals surface area contributed by atoms with Crippen molar-refractivity contribution in [3.05, 3.63) is 34.1 Å². The van der Waals surface area contributed by atoms with Crippen molar-refractivity contribution in [2.45, 2.75) is 13.3 Å². The number of benzene rings is 1. The Morgan fingerprint density at radius 2 is 2.23 bits per heavy atom. The number of carbonyl (C=O) groups is 1. The van der Waals surface area contributed by atoms with Gasteiger partial charge in [0.15, 0.2) is 0 Å². The molecule has 13 heavy (non-hydrogen) atoms. The van der Waals surface area contributed by atoms with Crippen molar-refractivity contribution in [2.75, 3.05) is 0 Å². The summed E-state index contributed by atoms with van der Waals surface area (Å²) < 4.78 is 13.0. The van der Waals surface area contributed by atoms with Crippen LogP contribution >= 0.6 is 11.6 Å². The maximum absolute atomic E-state index is 13.0. The molecule has 1 N–H and O–H groups in total. The van der Waals surface area contributed by atoms with E-state index in [9.17, 15) is 9.18 Å². The van der Waals surface area contributed by atoms with E-state index >= 15 is 0 Å². The Labute approximate surface area is 80.0 Å². The first kappa shape index (κ1) is 9.99. The molecule has 1 aromatic carbocycles. The van der Waals surface area contributed by atoms with Gasteiger partial charge in [0.2, 0.25) is 0 Å². The zero-order valence-corrected chi connectivity index (χ0v) is 7.73. The van der Waals surface area contributed by atoms with Crippen LogP contribution in [0.4, 0.5) is 4.39 Å². The van der Waals surface area contributed by atoms with Crippen molar-refractivity contribution in [3.63, 3.8) is 0 Å². The van der Waals surface area contributed by atoms with E-state index in [1.165, 1.54) is 6.07 Å². The third-order valence-electron chi connectivity index (χ3n) is 1.75. The maximum atomic E-state index is 13.0. The fourth-order valence-corrected chi connectivity index (χ4v) is 1.26. The third-order valence-corrected chi connectivity index (χ3v) is 2.06. The molecular formula is C9H8ClFO2.